The molecule has 4 heteroatoms. The summed E-state index contributed by atoms with van der Waals surface area (Å²) in [5.41, 5.74) is 6.67. The number of benzene rings is 1. The van der Waals surface area contributed by atoms with Crippen LogP contribution in [0.15, 0.2) is 22.7 Å². The topological polar surface area (TPSA) is 46.2 Å². The second-order valence-corrected chi connectivity index (χ2v) is 5.68. The van der Waals surface area contributed by atoms with E-state index in [1.807, 2.05) is 0 Å². The Kier molecular flexibility index (Phi) is 4.17. The molecule has 0 unspecified atom stereocenters. The van der Waals surface area contributed by atoms with E-state index in [1.165, 1.54) is 12.1 Å². The molecule has 0 spiro atoms. The Morgan fingerprint density at radius 2 is 1.94 bits per heavy atom. The Morgan fingerprint density at radius 1 is 1.29 bits per heavy atom. The third-order valence-corrected chi connectivity index (χ3v) is 3.98. The maximum absolute atomic E-state index is 13.3. The molecule has 1 saturated carbocycles. The van der Waals surface area contributed by atoms with Crippen molar-refractivity contribution in [1.82, 2.24) is 0 Å². The summed E-state index contributed by atoms with van der Waals surface area (Å²) >= 11 is 3.24. The van der Waals surface area contributed by atoms with E-state index in [4.69, 9.17) is 5.73 Å². The zero-order valence-corrected chi connectivity index (χ0v) is 11.2. The second-order valence-electron chi connectivity index (χ2n) is 4.76. The smallest absolute Gasteiger partial charge is 0.124 e. The molecule has 1 aromatic carbocycles. The van der Waals surface area contributed by atoms with Gasteiger partial charge in [-0.05, 0) is 42.5 Å². The third-order valence-electron chi connectivity index (χ3n) is 3.52. The molecule has 0 bridgehead atoms. The zero-order chi connectivity index (χ0) is 12.4. The highest BCUT2D eigenvalue weighted by Crippen LogP contribution is 2.33. The van der Waals surface area contributed by atoms with Gasteiger partial charge in [-0.2, -0.15) is 0 Å². The summed E-state index contributed by atoms with van der Waals surface area (Å²) in [6.07, 6.45) is 3.77. The number of hydrogen-bond donors (Lipinski definition) is 2. The number of aliphatic hydroxyl groups is 1. The molecular formula is C13H17BrFNO. The highest BCUT2D eigenvalue weighted by atomic mass is 79.9. The Labute approximate surface area is 109 Å². The number of aliphatic hydroxyl groups excluding tert-OH is 1. The van der Waals surface area contributed by atoms with Crippen molar-refractivity contribution in [2.24, 2.45) is 11.7 Å². The fourth-order valence-electron chi connectivity index (χ4n) is 2.56. The molecule has 0 heterocycles. The van der Waals surface area contributed by atoms with Crippen LogP contribution < -0.4 is 5.73 Å². The van der Waals surface area contributed by atoms with Gasteiger partial charge in [0.05, 0.1) is 12.1 Å². The lowest BCUT2D eigenvalue weighted by atomic mass is 9.91. The van der Waals surface area contributed by atoms with Gasteiger partial charge in [0, 0.05) is 4.47 Å². The molecule has 0 saturated heterocycles. The monoisotopic (exact) mass is 301 g/mol. The molecule has 1 aromatic rings. The molecule has 1 aliphatic carbocycles. The van der Waals surface area contributed by atoms with Crippen LogP contribution in [0.1, 0.15) is 37.3 Å². The molecule has 1 aliphatic rings. The molecule has 0 aromatic heterocycles. The number of rotatable bonds is 3. The Balaban J connectivity index is 2.14. The van der Waals surface area contributed by atoms with Gasteiger partial charge in [-0.15, -0.1) is 0 Å². The molecule has 0 aliphatic heterocycles. The summed E-state index contributed by atoms with van der Waals surface area (Å²) in [6, 6.07) is 4.04. The standard InChI is InChI=1S/C13H17BrFNO/c14-10-5-9(6-11(15)7-10)12(16)13(17)8-3-1-2-4-8/h5-8,12-13,17H,1-4,16H2/t12-,13+/m0/s1. The summed E-state index contributed by atoms with van der Waals surface area (Å²) in [7, 11) is 0. The van der Waals surface area contributed by atoms with Gasteiger partial charge < -0.3 is 10.8 Å². The van der Waals surface area contributed by atoms with E-state index in [9.17, 15) is 9.50 Å². The van der Waals surface area contributed by atoms with Crippen LogP contribution in [0.2, 0.25) is 0 Å². The predicted molar refractivity (Wildman–Crippen MR) is 69.0 cm³/mol. The van der Waals surface area contributed by atoms with Gasteiger partial charge in [0.1, 0.15) is 5.82 Å². The van der Waals surface area contributed by atoms with Crippen molar-refractivity contribution >= 4 is 15.9 Å². The second kappa shape index (κ2) is 5.46. The predicted octanol–water partition coefficient (Wildman–Crippen LogP) is 3.14. The first kappa shape index (κ1) is 13.0. The van der Waals surface area contributed by atoms with Crippen LogP contribution in [0.4, 0.5) is 4.39 Å². The van der Waals surface area contributed by atoms with E-state index in [0.29, 0.717) is 10.0 Å². The van der Waals surface area contributed by atoms with Gasteiger partial charge in [0.15, 0.2) is 0 Å². The van der Waals surface area contributed by atoms with Gasteiger partial charge >= 0.3 is 0 Å². The fraction of sp³-hybridized carbons (Fsp3) is 0.538. The first-order valence-corrected chi connectivity index (χ1v) is 6.77. The quantitative estimate of drug-likeness (QED) is 0.901. The molecule has 3 N–H and O–H groups in total. The summed E-state index contributed by atoms with van der Waals surface area (Å²) < 4.78 is 13.9. The van der Waals surface area contributed by atoms with Crippen LogP contribution in [-0.2, 0) is 0 Å². The Hall–Kier alpha value is -0.450. The van der Waals surface area contributed by atoms with Gasteiger partial charge in [-0.1, -0.05) is 28.8 Å². The van der Waals surface area contributed by atoms with Crippen molar-refractivity contribution in [3.8, 4) is 0 Å². The largest absolute Gasteiger partial charge is 0.391 e. The Morgan fingerprint density at radius 3 is 2.53 bits per heavy atom. The number of hydrogen-bond acceptors (Lipinski definition) is 2. The summed E-state index contributed by atoms with van der Waals surface area (Å²) in [4.78, 5) is 0. The lowest BCUT2D eigenvalue weighted by Gasteiger charge is -2.24. The van der Waals surface area contributed by atoms with Gasteiger partial charge in [0.2, 0.25) is 0 Å². The van der Waals surface area contributed by atoms with Crippen LogP contribution >= 0.6 is 15.9 Å². The van der Waals surface area contributed by atoms with Crippen LogP contribution in [0.3, 0.4) is 0 Å². The molecule has 2 nitrogen and oxygen atoms in total. The van der Waals surface area contributed by atoms with E-state index in [2.05, 4.69) is 15.9 Å². The lowest BCUT2D eigenvalue weighted by molar-refractivity contribution is 0.0844. The Bertz CT molecular complexity index is 373. The molecule has 17 heavy (non-hydrogen) atoms. The van der Waals surface area contributed by atoms with Crippen molar-refractivity contribution in [2.75, 3.05) is 0 Å². The van der Waals surface area contributed by atoms with E-state index >= 15 is 0 Å². The minimum atomic E-state index is -0.578. The molecule has 2 rings (SSSR count). The normalized spacial score (nSPS) is 20.5. The van der Waals surface area contributed by atoms with Crippen molar-refractivity contribution in [2.45, 2.75) is 37.8 Å². The van der Waals surface area contributed by atoms with Crippen LogP contribution in [0, 0.1) is 11.7 Å². The minimum Gasteiger partial charge on any atom is -0.391 e. The van der Waals surface area contributed by atoms with E-state index < -0.39 is 12.1 Å². The number of halogens is 2. The highest BCUT2D eigenvalue weighted by Gasteiger charge is 2.28. The molecule has 94 valence electrons. The fourth-order valence-corrected chi connectivity index (χ4v) is 3.04. The van der Waals surface area contributed by atoms with Crippen LogP contribution in [0.5, 0.6) is 0 Å². The molecule has 0 amide bonds. The zero-order valence-electron chi connectivity index (χ0n) is 9.57. The van der Waals surface area contributed by atoms with Crippen molar-refractivity contribution in [3.05, 3.63) is 34.1 Å². The summed E-state index contributed by atoms with van der Waals surface area (Å²) in [5, 5.41) is 10.2. The average Bonchev–Trinajstić information content (AvgIpc) is 2.79. The van der Waals surface area contributed by atoms with Gasteiger partial charge in [-0.25, -0.2) is 4.39 Å². The van der Waals surface area contributed by atoms with Crippen LogP contribution in [-0.4, -0.2) is 11.2 Å². The maximum Gasteiger partial charge on any atom is 0.124 e. The molecule has 1 fully saturated rings. The first-order valence-electron chi connectivity index (χ1n) is 5.97. The first-order chi connectivity index (χ1) is 8.08. The number of nitrogens with two attached hydrogens (primary N) is 1. The van der Waals surface area contributed by atoms with E-state index in [1.54, 1.807) is 6.07 Å². The maximum atomic E-state index is 13.3. The van der Waals surface area contributed by atoms with Crippen molar-refractivity contribution < 1.29 is 9.50 Å². The molecule has 2 atom stereocenters. The van der Waals surface area contributed by atoms with Crippen LogP contribution in [0.25, 0.3) is 0 Å². The van der Waals surface area contributed by atoms with Crippen molar-refractivity contribution in [3.63, 3.8) is 0 Å². The van der Waals surface area contributed by atoms with Gasteiger partial charge in [-0.3, -0.25) is 0 Å². The minimum absolute atomic E-state index is 0.257. The van der Waals surface area contributed by atoms with Gasteiger partial charge in [0.25, 0.3) is 0 Å². The SMILES string of the molecule is N[C@@H](c1cc(F)cc(Br)c1)[C@H](O)C1CCCC1. The van der Waals surface area contributed by atoms with E-state index in [0.717, 1.165) is 25.7 Å². The van der Waals surface area contributed by atoms with Crippen molar-refractivity contribution in [1.29, 1.82) is 0 Å². The van der Waals surface area contributed by atoms with E-state index in [-0.39, 0.29) is 11.7 Å². The summed E-state index contributed by atoms with van der Waals surface area (Å²) in [6.45, 7) is 0. The summed E-state index contributed by atoms with van der Waals surface area (Å²) in [5.74, 6) is -0.0736. The lowest BCUT2D eigenvalue weighted by Crippen LogP contribution is -2.32. The highest BCUT2D eigenvalue weighted by molar-refractivity contribution is 9.10. The molecule has 0 radical (unpaired) electrons. The molecular weight excluding hydrogens is 285 g/mol. The third kappa shape index (κ3) is 3.06. The average molecular weight is 302 g/mol.